The van der Waals surface area contributed by atoms with Gasteiger partial charge in [0.2, 0.25) is 5.91 Å². The first kappa shape index (κ1) is 20.8. The van der Waals surface area contributed by atoms with Crippen LogP contribution in [0.2, 0.25) is 0 Å². The number of nitrogens with zero attached hydrogens (tertiary/aromatic N) is 3. The molecule has 0 spiro atoms. The highest BCUT2D eigenvalue weighted by atomic mass is 32.2. The third-order valence-corrected chi connectivity index (χ3v) is 6.30. The van der Waals surface area contributed by atoms with Crippen LogP contribution in [-0.4, -0.2) is 38.0 Å². The summed E-state index contributed by atoms with van der Waals surface area (Å²) in [6.45, 7) is 1.85. The molecule has 0 saturated heterocycles. The van der Waals surface area contributed by atoms with Gasteiger partial charge in [0.1, 0.15) is 5.82 Å². The van der Waals surface area contributed by atoms with Crippen molar-refractivity contribution in [1.82, 2.24) is 14.8 Å². The van der Waals surface area contributed by atoms with Gasteiger partial charge in [-0.3, -0.25) is 19.0 Å². The number of fused-ring (bicyclic) bond motifs is 2. The van der Waals surface area contributed by atoms with E-state index in [1.165, 1.54) is 11.8 Å². The maximum atomic E-state index is 13.1. The zero-order valence-electron chi connectivity index (χ0n) is 17.6. The normalized spacial score (nSPS) is 12.3. The van der Waals surface area contributed by atoms with Crippen molar-refractivity contribution in [2.45, 2.75) is 12.1 Å². The quantitative estimate of drug-likeness (QED) is 0.402. The van der Waals surface area contributed by atoms with E-state index in [0.29, 0.717) is 33.4 Å². The smallest absolute Gasteiger partial charge is 0.234 e. The van der Waals surface area contributed by atoms with E-state index in [1.807, 2.05) is 41.8 Å². The molecule has 5 rings (SSSR count). The number of para-hydroxylation sites is 1. The van der Waals surface area contributed by atoms with Crippen molar-refractivity contribution in [3.8, 4) is 5.69 Å². The lowest BCUT2D eigenvalue weighted by atomic mass is 9.83. The van der Waals surface area contributed by atoms with E-state index in [1.54, 1.807) is 42.5 Å². The van der Waals surface area contributed by atoms with Crippen molar-refractivity contribution in [3.63, 3.8) is 0 Å². The maximum Gasteiger partial charge on any atom is 0.234 e. The summed E-state index contributed by atoms with van der Waals surface area (Å²) in [4.78, 5) is 38.8. The highest BCUT2D eigenvalue weighted by Crippen LogP contribution is 2.32. The first-order valence-corrected chi connectivity index (χ1v) is 11.2. The molecule has 1 aromatic heterocycles. The van der Waals surface area contributed by atoms with Crippen LogP contribution < -0.4 is 5.32 Å². The minimum atomic E-state index is -0.312. The molecule has 4 aromatic rings. The fourth-order valence-electron chi connectivity index (χ4n) is 3.88. The molecule has 0 fully saturated rings. The lowest BCUT2D eigenvalue weighted by molar-refractivity contribution is -0.113. The topological polar surface area (TPSA) is 94.0 Å². The third-order valence-electron chi connectivity index (χ3n) is 5.37. The summed E-state index contributed by atoms with van der Waals surface area (Å²) in [5.74, 6) is -0.0371. The van der Waals surface area contributed by atoms with Crippen LogP contribution in [0, 0.1) is 6.92 Å². The number of carbonyl (C=O) groups is 3. The highest BCUT2D eigenvalue weighted by Gasteiger charge is 2.31. The van der Waals surface area contributed by atoms with Crippen LogP contribution in [0.5, 0.6) is 0 Å². The van der Waals surface area contributed by atoms with Crippen molar-refractivity contribution in [3.05, 3.63) is 101 Å². The molecule has 1 heterocycles. The minimum Gasteiger partial charge on any atom is -0.325 e. The number of rotatable bonds is 5. The summed E-state index contributed by atoms with van der Waals surface area (Å²) >= 11 is 1.24. The minimum absolute atomic E-state index is 0.0629. The Hall–Kier alpha value is -4.04. The number of amides is 1. The molecule has 3 aromatic carbocycles. The van der Waals surface area contributed by atoms with Gasteiger partial charge in [-0.15, -0.1) is 10.2 Å². The number of anilines is 1. The average molecular weight is 455 g/mol. The summed E-state index contributed by atoms with van der Waals surface area (Å²) in [6, 6.07) is 21.3. The van der Waals surface area contributed by atoms with Crippen LogP contribution in [0.15, 0.2) is 78.0 Å². The molecule has 0 aliphatic heterocycles. The Bertz CT molecular complexity index is 1410. The SMILES string of the molecule is Cc1nnc(SCC(=O)Nc2cccc3c2C(=O)c2ccccc2C3=O)n1-c1ccccc1. The van der Waals surface area contributed by atoms with Crippen molar-refractivity contribution >= 4 is 34.9 Å². The van der Waals surface area contributed by atoms with Crippen molar-refractivity contribution in [1.29, 1.82) is 0 Å². The van der Waals surface area contributed by atoms with Gasteiger partial charge in [-0.1, -0.05) is 66.4 Å². The molecule has 1 amide bonds. The molecule has 0 atom stereocenters. The average Bonchev–Trinajstić information content (AvgIpc) is 3.22. The summed E-state index contributed by atoms with van der Waals surface area (Å²) in [5.41, 5.74) is 2.48. The van der Waals surface area contributed by atoms with Crippen molar-refractivity contribution < 1.29 is 14.4 Å². The number of thioether (sulfide) groups is 1. The van der Waals surface area contributed by atoms with Gasteiger partial charge in [-0.25, -0.2) is 0 Å². The highest BCUT2D eigenvalue weighted by molar-refractivity contribution is 7.99. The maximum absolute atomic E-state index is 13.1. The van der Waals surface area contributed by atoms with Crippen LogP contribution in [-0.2, 0) is 4.79 Å². The van der Waals surface area contributed by atoms with Gasteiger partial charge in [0.25, 0.3) is 0 Å². The van der Waals surface area contributed by atoms with Crippen molar-refractivity contribution in [2.24, 2.45) is 0 Å². The number of benzene rings is 3. The number of aromatic nitrogens is 3. The summed E-state index contributed by atoms with van der Waals surface area (Å²) in [6.07, 6.45) is 0. The standard InChI is InChI=1S/C25H18N4O3S/c1-15-27-28-25(29(15)16-8-3-2-4-9-16)33-14-21(30)26-20-13-7-12-19-22(20)24(32)18-11-6-5-10-17(18)23(19)31/h2-13H,14H2,1H3,(H,26,30). The Morgan fingerprint density at radius 1 is 0.848 bits per heavy atom. The number of hydrogen-bond acceptors (Lipinski definition) is 6. The van der Waals surface area contributed by atoms with E-state index in [-0.39, 0.29) is 28.8 Å². The molecule has 7 nitrogen and oxygen atoms in total. The van der Waals surface area contributed by atoms with Gasteiger partial charge in [-0.2, -0.15) is 0 Å². The second-order valence-corrected chi connectivity index (χ2v) is 8.41. The van der Waals surface area contributed by atoms with E-state index in [0.717, 1.165) is 5.69 Å². The Balaban J connectivity index is 1.37. The second kappa shape index (κ2) is 8.48. The Labute approximate surface area is 193 Å². The second-order valence-electron chi connectivity index (χ2n) is 7.47. The predicted molar refractivity (Wildman–Crippen MR) is 125 cm³/mol. The summed E-state index contributed by atoms with van der Waals surface area (Å²) in [5, 5.41) is 11.7. The van der Waals surface area contributed by atoms with Gasteiger partial charge < -0.3 is 5.32 Å². The van der Waals surface area contributed by atoms with Crippen LogP contribution >= 0.6 is 11.8 Å². The molecule has 0 radical (unpaired) electrons. The molecule has 33 heavy (non-hydrogen) atoms. The molecule has 1 aliphatic rings. The molecule has 0 saturated carbocycles. The first-order chi connectivity index (χ1) is 16.0. The van der Waals surface area contributed by atoms with Gasteiger partial charge in [0, 0.05) is 22.4 Å². The molecule has 1 aliphatic carbocycles. The zero-order chi connectivity index (χ0) is 22.9. The van der Waals surface area contributed by atoms with E-state index in [4.69, 9.17) is 0 Å². The Morgan fingerprint density at radius 2 is 1.52 bits per heavy atom. The fourth-order valence-corrected chi connectivity index (χ4v) is 4.67. The molecular formula is C25H18N4O3S. The zero-order valence-corrected chi connectivity index (χ0v) is 18.4. The largest absolute Gasteiger partial charge is 0.325 e. The molecule has 1 N–H and O–H groups in total. The third kappa shape index (κ3) is 3.74. The Kier molecular flexibility index (Phi) is 5.35. The van der Waals surface area contributed by atoms with Gasteiger partial charge in [0.15, 0.2) is 16.7 Å². The number of carbonyl (C=O) groups excluding carboxylic acids is 3. The molecular weight excluding hydrogens is 436 g/mol. The number of hydrogen-bond donors (Lipinski definition) is 1. The molecule has 8 heteroatoms. The predicted octanol–water partition coefficient (Wildman–Crippen LogP) is 4.08. The van der Waals surface area contributed by atoms with Crippen LogP contribution in [0.1, 0.15) is 37.7 Å². The molecule has 162 valence electrons. The molecule has 0 unspecified atom stereocenters. The van der Waals surface area contributed by atoms with Crippen LogP contribution in [0.25, 0.3) is 5.69 Å². The fraction of sp³-hybridized carbons (Fsp3) is 0.0800. The monoisotopic (exact) mass is 454 g/mol. The van der Waals surface area contributed by atoms with Gasteiger partial charge in [0.05, 0.1) is 17.0 Å². The van der Waals surface area contributed by atoms with Crippen LogP contribution in [0.4, 0.5) is 5.69 Å². The van der Waals surface area contributed by atoms with E-state index in [2.05, 4.69) is 15.5 Å². The van der Waals surface area contributed by atoms with Crippen LogP contribution in [0.3, 0.4) is 0 Å². The summed E-state index contributed by atoms with van der Waals surface area (Å²) in [7, 11) is 0. The first-order valence-electron chi connectivity index (χ1n) is 10.3. The lowest BCUT2D eigenvalue weighted by Crippen LogP contribution is -2.24. The van der Waals surface area contributed by atoms with Gasteiger partial charge >= 0.3 is 0 Å². The van der Waals surface area contributed by atoms with Gasteiger partial charge in [-0.05, 0) is 25.1 Å². The number of aryl methyl sites for hydroxylation is 1. The lowest BCUT2D eigenvalue weighted by Gasteiger charge is -2.20. The number of ketones is 2. The Morgan fingerprint density at radius 3 is 2.27 bits per heavy atom. The van der Waals surface area contributed by atoms with E-state index < -0.39 is 0 Å². The van der Waals surface area contributed by atoms with Crippen molar-refractivity contribution in [2.75, 3.05) is 11.1 Å². The summed E-state index contributed by atoms with van der Waals surface area (Å²) < 4.78 is 1.88. The molecule has 0 bridgehead atoms. The van der Waals surface area contributed by atoms with E-state index in [9.17, 15) is 14.4 Å². The van der Waals surface area contributed by atoms with E-state index >= 15 is 0 Å². The number of nitrogens with one attached hydrogen (secondary N) is 1.